The van der Waals surface area contributed by atoms with E-state index >= 15 is 0 Å². The average molecular weight is 301 g/mol. The van der Waals surface area contributed by atoms with E-state index in [-0.39, 0.29) is 0 Å². The Morgan fingerprint density at radius 2 is 1.89 bits per heavy atom. The maximum Gasteiger partial charge on any atom is 0.252 e. The molecule has 19 heavy (non-hydrogen) atoms. The van der Waals surface area contributed by atoms with Gasteiger partial charge < -0.3 is 5.32 Å². The number of thiophene rings is 1. The smallest absolute Gasteiger partial charge is 0.252 e. The second-order valence-corrected chi connectivity index (χ2v) is 8.57. The molecule has 0 bridgehead atoms. The highest BCUT2D eigenvalue weighted by molar-refractivity contribution is 7.91. The van der Waals surface area contributed by atoms with E-state index in [4.69, 9.17) is 0 Å². The van der Waals surface area contributed by atoms with Crippen LogP contribution in [0, 0.1) is 6.92 Å². The van der Waals surface area contributed by atoms with Gasteiger partial charge in [0, 0.05) is 50.2 Å². The van der Waals surface area contributed by atoms with Crippen molar-refractivity contribution in [1.82, 2.24) is 14.5 Å². The summed E-state index contributed by atoms with van der Waals surface area (Å²) in [6, 6.07) is 4.19. The van der Waals surface area contributed by atoms with E-state index in [1.54, 1.807) is 10.4 Å². The van der Waals surface area contributed by atoms with Crippen LogP contribution in [0.4, 0.5) is 0 Å². The van der Waals surface area contributed by atoms with Gasteiger partial charge in [-0.05, 0) is 19.1 Å². The fraction of sp³-hybridized carbons (Fsp3) is 0.667. The van der Waals surface area contributed by atoms with Crippen molar-refractivity contribution in [3.05, 3.63) is 17.0 Å². The van der Waals surface area contributed by atoms with Gasteiger partial charge in [-0.15, -0.1) is 11.3 Å². The zero-order valence-electron chi connectivity index (χ0n) is 11.0. The highest BCUT2D eigenvalue weighted by atomic mass is 32.2. The number of nitrogens with one attached hydrogen (secondary N) is 1. The molecule has 2 saturated heterocycles. The number of nitrogens with zero attached hydrogens (tertiary/aromatic N) is 2. The molecule has 1 N–H and O–H groups in total. The minimum Gasteiger partial charge on any atom is -0.314 e. The van der Waals surface area contributed by atoms with Crippen molar-refractivity contribution in [2.24, 2.45) is 0 Å². The van der Waals surface area contributed by atoms with Crippen molar-refractivity contribution >= 4 is 21.4 Å². The molecule has 2 fully saturated rings. The Bertz CT molecular complexity index is 543. The fourth-order valence-electron chi connectivity index (χ4n) is 2.52. The third kappa shape index (κ3) is 2.57. The fourth-order valence-corrected chi connectivity index (χ4v) is 5.38. The number of piperazine rings is 1. The molecular formula is C12H19N3O2S2. The van der Waals surface area contributed by atoms with Crippen LogP contribution in [0.25, 0.3) is 0 Å². The molecule has 0 amide bonds. The summed E-state index contributed by atoms with van der Waals surface area (Å²) in [7, 11) is -3.27. The molecule has 106 valence electrons. The summed E-state index contributed by atoms with van der Waals surface area (Å²) in [6.45, 7) is 6.91. The van der Waals surface area contributed by atoms with Crippen LogP contribution >= 0.6 is 11.3 Å². The SMILES string of the molecule is Cc1ccc(S(=O)(=O)N2CCN(C3CNC3)CC2)s1. The van der Waals surface area contributed by atoms with Crippen LogP contribution in [0.1, 0.15) is 4.88 Å². The van der Waals surface area contributed by atoms with E-state index in [0.29, 0.717) is 23.3 Å². The van der Waals surface area contributed by atoms with E-state index < -0.39 is 10.0 Å². The molecule has 7 heteroatoms. The normalized spacial score (nSPS) is 23.4. The van der Waals surface area contributed by atoms with Crippen molar-refractivity contribution in [2.45, 2.75) is 17.2 Å². The first-order valence-electron chi connectivity index (χ1n) is 6.59. The van der Waals surface area contributed by atoms with Gasteiger partial charge >= 0.3 is 0 Å². The molecule has 1 aromatic rings. The topological polar surface area (TPSA) is 52.7 Å². The summed E-state index contributed by atoms with van der Waals surface area (Å²) in [5, 5.41) is 3.26. The van der Waals surface area contributed by atoms with Gasteiger partial charge in [0.1, 0.15) is 4.21 Å². The highest BCUT2D eigenvalue weighted by Gasteiger charge is 2.33. The molecule has 0 saturated carbocycles. The number of hydrogen-bond donors (Lipinski definition) is 1. The van der Waals surface area contributed by atoms with Gasteiger partial charge in [0.25, 0.3) is 10.0 Å². The Morgan fingerprint density at radius 3 is 2.37 bits per heavy atom. The van der Waals surface area contributed by atoms with Crippen LogP contribution in [0.3, 0.4) is 0 Å². The molecule has 5 nitrogen and oxygen atoms in total. The molecule has 0 unspecified atom stereocenters. The van der Waals surface area contributed by atoms with Crippen molar-refractivity contribution in [3.63, 3.8) is 0 Å². The molecule has 3 heterocycles. The van der Waals surface area contributed by atoms with Gasteiger partial charge in [0.15, 0.2) is 0 Å². The second-order valence-electron chi connectivity index (χ2n) is 5.12. The van der Waals surface area contributed by atoms with Crippen molar-refractivity contribution in [3.8, 4) is 0 Å². The lowest BCUT2D eigenvalue weighted by Gasteiger charge is -2.42. The monoisotopic (exact) mass is 301 g/mol. The van der Waals surface area contributed by atoms with E-state index in [9.17, 15) is 8.42 Å². The molecular weight excluding hydrogens is 282 g/mol. The zero-order chi connectivity index (χ0) is 13.5. The van der Waals surface area contributed by atoms with Gasteiger partial charge in [-0.1, -0.05) is 0 Å². The molecule has 0 spiro atoms. The van der Waals surface area contributed by atoms with Crippen LogP contribution < -0.4 is 5.32 Å². The van der Waals surface area contributed by atoms with Gasteiger partial charge in [-0.3, -0.25) is 4.90 Å². The first-order valence-corrected chi connectivity index (χ1v) is 8.84. The predicted molar refractivity (Wildman–Crippen MR) is 76.0 cm³/mol. The van der Waals surface area contributed by atoms with Crippen molar-refractivity contribution in [2.75, 3.05) is 39.3 Å². The summed E-state index contributed by atoms with van der Waals surface area (Å²) >= 11 is 1.36. The molecule has 0 radical (unpaired) electrons. The third-order valence-electron chi connectivity index (χ3n) is 3.86. The summed E-state index contributed by atoms with van der Waals surface area (Å²) < 4.78 is 27.0. The molecule has 0 atom stereocenters. The van der Waals surface area contributed by atoms with E-state index in [1.165, 1.54) is 11.3 Å². The molecule has 1 aromatic heterocycles. The van der Waals surface area contributed by atoms with Gasteiger partial charge in [-0.25, -0.2) is 8.42 Å². The van der Waals surface area contributed by atoms with Gasteiger partial charge in [0.05, 0.1) is 0 Å². The molecule has 0 aromatic carbocycles. The first-order chi connectivity index (χ1) is 9.07. The quantitative estimate of drug-likeness (QED) is 0.874. The first kappa shape index (κ1) is 13.5. The molecule has 2 aliphatic heterocycles. The highest BCUT2D eigenvalue weighted by Crippen LogP contribution is 2.25. The lowest BCUT2D eigenvalue weighted by atomic mass is 10.1. The number of aryl methyl sites for hydroxylation is 1. The maximum atomic E-state index is 12.5. The summed E-state index contributed by atoms with van der Waals surface area (Å²) in [4.78, 5) is 3.43. The van der Waals surface area contributed by atoms with Crippen LogP contribution in [-0.4, -0.2) is 62.9 Å². The van der Waals surface area contributed by atoms with E-state index in [2.05, 4.69) is 10.2 Å². The minimum absolute atomic E-state index is 0.476. The lowest BCUT2D eigenvalue weighted by molar-refractivity contribution is 0.103. The Hall–Kier alpha value is -0.470. The average Bonchev–Trinajstić information content (AvgIpc) is 2.75. The Kier molecular flexibility index (Phi) is 3.65. The number of sulfonamides is 1. The van der Waals surface area contributed by atoms with Crippen LogP contribution in [-0.2, 0) is 10.0 Å². The van der Waals surface area contributed by atoms with E-state index in [0.717, 1.165) is 31.1 Å². The largest absolute Gasteiger partial charge is 0.314 e. The van der Waals surface area contributed by atoms with Gasteiger partial charge in [-0.2, -0.15) is 4.31 Å². The predicted octanol–water partition coefficient (Wildman–Crippen LogP) is 0.335. The molecule has 3 rings (SSSR count). The van der Waals surface area contributed by atoms with Crippen LogP contribution in [0.5, 0.6) is 0 Å². The van der Waals surface area contributed by atoms with Crippen molar-refractivity contribution < 1.29 is 8.42 Å². The van der Waals surface area contributed by atoms with Crippen LogP contribution in [0.2, 0.25) is 0 Å². The second kappa shape index (κ2) is 5.14. The van der Waals surface area contributed by atoms with Crippen molar-refractivity contribution in [1.29, 1.82) is 0 Å². The Balaban J connectivity index is 1.67. The Morgan fingerprint density at radius 1 is 1.21 bits per heavy atom. The summed E-state index contributed by atoms with van der Waals surface area (Å²) in [5.41, 5.74) is 0. The third-order valence-corrected chi connectivity index (χ3v) is 7.23. The number of rotatable bonds is 3. The maximum absolute atomic E-state index is 12.5. The summed E-state index contributed by atoms with van der Waals surface area (Å²) in [6.07, 6.45) is 0. The van der Waals surface area contributed by atoms with Crippen LogP contribution in [0.15, 0.2) is 16.3 Å². The zero-order valence-corrected chi connectivity index (χ0v) is 12.6. The molecule has 0 aliphatic carbocycles. The number of hydrogen-bond acceptors (Lipinski definition) is 5. The lowest BCUT2D eigenvalue weighted by Crippen LogP contribution is -2.61. The summed E-state index contributed by atoms with van der Waals surface area (Å²) in [5.74, 6) is 0. The van der Waals surface area contributed by atoms with Gasteiger partial charge in [0.2, 0.25) is 0 Å². The molecule has 2 aliphatic rings. The Labute approximate surface area is 118 Å². The van der Waals surface area contributed by atoms with E-state index in [1.807, 2.05) is 13.0 Å². The standard InChI is InChI=1S/C12H19N3O2S2/c1-10-2-3-12(18-10)19(16,17)15-6-4-14(5-7-15)11-8-13-9-11/h2-3,11,13H,4-9H2,1H3. The minimum atomic E-state index is -3.27.